The summed E-state index contributed by atoms with van der Waals surface area (Å²) in [7, 11) is 1.53. The van der Waals surface area contributed by atoms with E-state index in [1.54, 1.807) is 36.8 Å². The molecule has 0 aliphatic carbocycles. The second kappa shape index (κ2) is 18.4. The number of ether oxygens (including phenoxy) is 1. The van der Waals surface area contributed by atoms with Gasteiger partial charge >= 0.3 is 0 Å². The van der Waals surface area contributed by atoms with Gasteiger partial charge in [-0.05, 0) is 83.5 Å². The number of anilines is 4. The fourth-order valence-corrected chi connectivity index (χ4v) is 9.53. The third-order valence-electron chi connectivity index (χ3n) is 13.0. The summed E-state index contributed by atoms with van der Waals surface area (Å²) in [6.07, 6.45) is 8.39. The Morgan fingerprint density at radius 2 is 1.84 bits per heavy atom. The Labute approximate surface area is 365 Å². The molecule has 4 aliphatic heterocycles. The highest BCUT2D eigenvalue weighted by atomic mass is 19.1. The number of nitrogens with two attached hydrogens (primary N) is 1. The van der Waals surface area contributed by atoms with Crippen LogP contribution in [0.15, 0.2) is 48.9 Å². The van der Waals surface area contributed by atoms with Crippen molar-refractivity contribution in [3.63, 3.8) is 0 Å². The number of rotatable bonds is 15. The van der Waals surface area contributed by atoms with E-state index < -0.39 is 47.9 Å². The number of nitrogens with one attached hydrogen (secondary N) is 2. The third kappa shape index (κ3) is 8.70. The van der Waals surface area contributed by atoms with Crippen LogP contribution in [0.2, 0.25) is 0 Å². The lowest BCUT2D eigenvalue weighted by Gasteiger charge is -2.39. The van der Waals surface area contributed by atoms with Crippen LogP contribution in [-0.4, -0.2) is 129 Å². The van der Waals surface area contributed by atoms with Gasteiger partial charge in [-0.15, -0.1) is 0 Å². The molecule has 0 saturated carbocycles. The van der Waals surface area contributed by atoms with Crippen molar-refractivity contribution in [2.24, 2.45) is 5.73 Å². The Balaban J connectivity index is 0.955. The van der Waals surface area contributed by atoms with Gasteiger partial charge in [-0.1, -0.05) is 13.0 Å². The number of imide groups is 2. The molecule has 4 N–H and O–H groups in total. The van der Waals surface area contributed by atoms with Gasteiger partial charge in [0.1, 0.15) is 23.8 Å². The SMILES string of the molecule is CCC(CCCN1CCC(N(c2cc3c(cn2)c(C(N)=O)cn3C(C)C)c2ccnc(N3CC[C@H](OC)[C@H](F)C3)n2)CC1)Nc1cccc2c1C(=O)N(C1CCC(=O)NC1=O)C2=O. The van der Waals surface area contributed by atoms with Gasteiger partial charge in [0, 0.05) is 87.0 Å². The van der Waals surface area contributed by atoms with Crippen molar-refractivity contribution in [3.05, 3.63) is 65.6 Å². The smallest absolute Gasteiger partial charge is 0.264 e. The molecular formula is C45H56FN11O6. The Morgan fingerprint density at radius 3 is 2.54 bits per heavy atom. The van der Waals surface area contributed by atoms with E-state index in [0.717, 1.165) is 62.2 Å². The van der Waals surface area contributed by atoms with Gasteiger partial charge in [-0.3, -0.25) is 34.2 Å². The van der Waals surface area contributed by atoms with Gasteiger partial charge in [0.05, 0.1) is 34.9 Å². The number of benzene rings is 1. The fraction of sp³-hybridized carbons (Fsp3) is 0.511. The van der Waals surface area contributed by atoms with Crippen LogP contribution >= 0.6 is 0 Å². The van der Waals surface area contributed by atoms with Crippen molar-refractivity contribution in [3.8, 4) is 0 Å². The van der Waals surface area contributed by atoms with E-state index in [4.69, 9.17) is 20.4 Å². The number of likely N-dealkylation sites (tertiary alicyclic amines) is 1. The second-order valence-electron chi connectivity index (χ2n) is 17.2. The average molecular weight is 866 g/mol. The number of halogens is 1. The Hall–Kier alpha value is -6.01. The largest absolute Gasteiger partial charge is 0.382 e. The molecule has 3 aromatic heterocycles. The summed E-state index contributed by atoms with van der Waals surface area (Å²) in [6.45, 7) is 9.38. The summed E-state index contributed by atoms with van der Waals surface area (Å²) >= 11 is 0. The maximum absolute atomic E-state index is 15.0. The number of aromatic nitrogens is 4. The first-order valence-electron chi connectivity index (χ1n) is 22.0. The van der Waals surface area contributed by atoms with Gasteiger partial charge in [0.2, 0.25) is 17.8 Å². The number of hydrogen-bond donors (Lipinski definition) is 3. The third-order valence-corrected chi connectivity index (χ3v) is 13.0. The van der Waals surface area contributed by atoms with Gasteiger partial charge in [-0.25, -0.2) is 14.4 Å². The number of alkyl halides is 1. The number of carbonyl (C=O) groups is 5. The number of piperidine rings is 3. The molecule has 0 bridgehead atoms. The van der Waals surface area contributed by atoms with E-state index in [-0.39, 0.29) is 48.6 Å². The molecule has 2 unspecified atom stereocenters. The van der Waals surface area contributed by atoms with Gasteiger partial charge in [0.25, 0.3) is 17.7 Å². The van der Waals surface area contributed by atoms with Crippen molar-refractivity contribution in [1.29, 1.82) is 0 Å². The summed E-state index contributed by atoms with van der Waals surface area (Å²) in [5.74, 6) is -0.859. The molecule has 0 spiro atoms. The molecule has 4 aromatic rings. The maximum Gasteiger partial charge on any atom is 0.264 e. The minimum Gasteiger partial charge on any atom is -0.382 e. The predicted octanol–water partition coefficient (Wildman–Crippen LogP) is 4.74. The van der Waals surface area contributed by atoms with Crippen LogP contribution in [-0.2, 0) is 14.3 Å². The van der Waals surface area contributed by atoms with Gasteiger partial charge in [0.15, 0.2) is 0 Å². The molecule has 1 aromatic carbocycles. The van der Waals surface area contributed by atoms with Crippen LogP contribution in [0.1, 0.15) is 109 Å². The summed E-state index contributed by atoms with van der Waals surface area (Å²) in [5.41, 5.74) is 8.10. The van der Waals surface area contributed by atoms with Crippen molar-refractivity contribution >= 4 is 63.7 Å². The Morgan fingerprint density at radius 1 is 1.05 bits per heavy atom. The lowest BCUT2D eigenvalue weighted by molar-refractivity contribution is -0.136. The van der Waals surface area contributed by atoms with Crippen molar-refractivity contribution in [2.75, 3.05) is 55.0 Å². The van der Waals surface area contributed by atoms with E-state index in [0.29, 0.717) is 47.2 Å². The first kappa shape index (κ1) is 43.6. The normalized spacial score (nSPS) is 21.6. The monoisotopic (exact) mass is 865 g/mol. The number of fused-ring (bicyclic) bond motifs is 2. The minimum absolute atomic E-state index is 0.0189. The Bertz CT molecular complexity index is 2400. The van der Waals surface area contributed by atoms with Crippen LogP contribution in [0.25, 0.3) is 10.9 Å². The molecule has 7 heterocycles. The zero-order valence-corrected chi connectivity index (χ0v) is 36.3. The predicted molar refractivity (Wildman–Crippen MR) is 235 cm³/mol. The van der Waals surface area contributed by atoms with E-state index in [9.17, 15) is 24.0 Å². The minimum atomic E-state index is -1.17. The van der Waals surface area contributed by atoms with Crippen molar-refractivity contribution in [2.45, 2.75) is 109 Å². The van der Waals surface area contributed by atoms with E-state index in [1.807, 2.05) is 35.4 Å². The molecule has 334 valence electrons. The Kier molecular flexibility index (Phi) is 12.7. The average Bonchev–Trinajstić information content (AvgIpc) is 3.79. The molecule has 5 amide bonds. The summed E-state index contributed by atoms with van der Waals surface area (Å²) < 4.78 is 22.4. The first-order valence-corrected chi connectivity index (χ1v) is 22.0. The highest BCUT2D eigenvalue weighted by molar-refractivity contribution is 6.25. The summed E-state index contributed by atoms with van der Waals surface area (Å²) in [4.78, 5) is 85.8. The molecule has 3 fully saturated rings. The second-order valence-corrected chi connectivity index (χ2v) is 17.2. The molecule has 8 rings (SSSR count). The standard InChI is InChI=1S/C45H56FN11O6/c1-5-27(50-33-10-6-9-29-40(33)44(62)57(43(29)61)34-11-12-39(58)52-42(34)60)8-7-18-53-19-14-28(15-20-53)56(37-13-17-48-45(51-37)54-21-16-36(63-4)32(46)25-54)38-22-35-30(23-49-38)31(41(47)59)24-55(35)26(2)3/h6,9-10,13,17,22-24,26-28,32,34,36,50H,5,7-8,11-12,14-16,18-21,25H2,1-4H3,(H2,47,59)(H,52,58,60)/t27?,32-,34?,36+/m1/s1. The van der Waals surface area contributed by atoms with Crippen molar-refractivity contribution < 1.29 is 33.1 Å². The zero-order chi connectivity index (χ0) is 44.5. The highest BCUT2D eigenvalue weighted by Crippen LogP contribution is 2.36. The molecule has 0 radical (unpaired) electrons. The maximum atomic E-state index is 15.0. The zero-order valence-electron chi connectivity index (χ0n) is 36.3. The number of pyridine rings is 1. The molecule has 63 heavy (non-hydrogen) atoms. The number of nitrogens with zero attached hydrogens (tertiary/aromatic N) is 8. The van der Waals surface area contributed by atoms with Gasteiger partial charge < -0.3 is 35.1 Å². The van der Waals surface area contributed by atoms with Crippen LogP contribution in [0, 0.1) is 0 Å². The molecule has 3 saturated heterocycles. The topological polar surface area (TPSA) is 201 Å². The summed E-state index contributed by atoms with van der Waals surface area (Å²) in [6, 6.07) is 8.07. The highest BCUT2D eigenvalue weighted by Gasteiger charge is 2.46. The summed E-state index contributed by atoms with van der Waals surface area (Å²) in [5, 5.41) is 6.46. The van der Waals surface area contributed by atoms with E-state index in [1.165, 1.54) is 7.11 Å². The van der Waals surface area contributed by atoms with Crippen LogP contribution < -0.4 is 26.2 Å². The van der Waals surface area contributed by atoms with Crippen LogP contribution in [0.3, 0.4) is 0 Å². The van der Waals surface area contributed by atoms with Crippen LogP contribution in [0.5, 0.6) is 0 Å². The molecular weight excluding hydrogens is 810 g/mol. The number of methoxy groups -OCH3 is 1. The lowest BCUT2D eigenvalue weighted by atomic mass is 10.0. The fourth-order valence-electron chi connectivity index (χ4n) is 9.53. The molecule has 18 heteroatoms. The van der Waals surface area contributed by atoms with Gasteiger partial charge in [-0.2, -0.15) is 4.98 Å². The van der Waals surface area contributed by atoms with E-state index in [2.05, 4.69) is 32.3 Å². The quantitative estimate of drug-likeness (QED) is 0.139. The molecule has 4 atom stereocenters. The molecule has 17 nitrogen and oxygen atoms in total. The first-order chi connectivity index (χ1) is 30.4. The van der Waals surface area contributed by atoms with Crippen molar-refractivity contribution in [1.82, 2.24) is 34.6 Å². The number of primary amides is 1. The number of carbonyl (C=O) groups excluding carboxylic acids is 5. The number of hydrogen-bond acceptors (Lipinski definition) is 13. The van der Waals surface area contributed by atoms with Crippen LogP contribution in [0.4, 0.5) is 27.7 Å². The van der Waals surface area contributed by atoms with E-state index >= 15 is 4.39 Å². The lowest BCUT2D eigenvalue weighted by Crippen LogP contribution is -2.54. The molecule has 4 aliphatic rings. The number of amides is 5.